The smallest absolute Gasteiger partial charge is 0.251 e. The Hall–Kier alpha value is -2.71. The van der Waals surface area contributed by atoms with Crippen molar-refractivity contribution in [2.75, 3.05) is 7.05 Å². The van der Waals surface area contributed by atoms with Gasteiger partial charge in [-0.25, -0.2) is 13.4 Å². The van der Waals surface area contributed by atoms with E-state index in [0.717, 1.165) is 11.1 Å². The minimum Gasteiger partial charge on any atom is -0.350 e. The molecule has 1 N–H and O–H groups in total. The first-order valence-electron chi connectivity index (χ1n) is 10.3. The highest BCUT2D eigenvalue weighted by Crippen LogP contribution is 2.22. The molecular formula is C23H30N4O3S. The molecule has 1 amide bonds. The van der Waals surface area contributed by atoms with Crippen LogP contribution in [0.2, 0.25) is 0 Å². The molecule has 0 aliphatic rings. The van der Waals surface area contributed by atoms with E-state index < -0.39 is 10.0 Å². The normalized spacial score (nSPS) is 12.3. The topological polar surface area (TPSA) is 84.3 Å². The van der Waals surface area contributed by atoms with Crippen LogP contribution in [0.25, 0.3) is 11.0 Å². The monoisotopic (exact) mass is 442 g/mol. The van der Waals surface area contributed by atoms with Gasteiger partial charge in [-0.3, -0.25) is 4.79 Å². The van der Waals surface area contributed by atoms with Gasteiger partial charge in [-0.05, 0) is 55.7 Å². The quantitative estimate of drug-likeness (QED) is 0.605. The zero-order valence-electron chi connectivity index (χ0n) is 18.9. The summed E-state index contributed by atoms with van der Waals surface area (Å²) < 4.78 is 29.2. The summed E-state index contributed by atoms with van der Waals surface area (Å²) in [7, 11) is -0.261. The highest BCUT2D eigenvalue weighted by atomic mass is 32.2. The van der Waals surface area contributed by atoms with Crippen molar-refractivity contribution in [3.8, 4) is 0 Å². The van der Waals surface area contributed by atoms with Crippen molar-refractivity contribution in [2.24, 2.45) is 7.05 Å². The van der Waals surface area contributed by atoms with E-state index in [1.807, 2.05) is 43.7 Å². The van der Waals surface area contributed by atoms with Crippen molar-refractivity contribution in [3.05, 3.63) is 59.4 Å². The third-order valence-corrected chi connectivity index (χ3v) is 7.09. The molecule has 0 aliphatic carbocycles. The Morgan fingerprint density at radius 2 is 1.74 bits per heavy atom. The second kappa shape index (κ2) is 8.80. The first-order valence-corrected chi connectivity index (χ1v) is 11.8. The van der Waals surface area contributed by atoms with E-state index >= 15 is 0 Å². The van der Waals surface area contributed by atoms with Crippen LogP contribution in [0.3, 0.4) is 0 Å². The Kier molecular flexibility index (Phi) is 6.52. The highest BCUT2D eigenvalue weighted by molar-refractivity contribution is 7.89. The van der Waals surface area contributed by atoms with Crippen LogP contribution in [0, 0.1) is 0 Å². The van der Waals surface area contributed by atoms with Crippen LogP contribution in [0.1, 0.15) is 55.4 Å². The molecule has 2 aromatic carbocycles. The maximum atomic E-state index is 13.0. The molecule has 0 unspecified atom stereocenters. The molecule has 1 heterocycles. The van der Waals surface area contributed by atoms with Gasteiger partial charge >= 0.3 is 0 Å². The predicted molar refractivity (Wildman–Crippen MR) is 123 cm³/mol. The Balaban J connectivity index is 1.86. The molecule has 3 rings (SSSR count). The molecular weight excluding hydrogens is 412 g/mol. The van der Waals surface area contributed by atoms with Gasteiger partial charge in [0.1, 0.15) is 5.82 Å². The molecule has 1 aromatic heterocycles. The molecule has 0 saturated carbocycles. The van der Waals surface area contributed by atoms with Gasteiger partial charge in [0.25, 0.3) is 5.91 Å². The lowest BCUT2D eigenvalue weighted by molar-refractivity contribution is 0.0943. The molecule has 31 heavy (non-hydrogen) atoms. The molecule has 0 atom stereocenters. The number of imidazole rings is 1. The third-order valence-electron chi connectivity index (χ3n) is 5.27. The van der Waals surface area contributed by atoms with Crippen LogP contribution >= 0.6 is 0 Å². The van der Waals surface area contributed by atoms with Crippen LogP contribution in [-0.2, 0) is 23.6 Å². The Labute approximate surface area is 184 Å². The summed E-state index contributed by atoms with van der Waals surface area (Å²) in [6, 6.07) is 12.4. The van der Waals surface area contributed by atoms with Crippen molar-refractivity contribution in [1.82, 2.24) is 19.2 Å². The number of carbonyl (C=O) groups excluding carboxylic acids is 1. The van der Waals surface area contributed by atoms with Crippen LogP contribution in [0.15, 0.2) is 47.4 Å². The lowest BCUT2D eigenvalue weighted by atomic mass is 10.0. The molecule has 0 radical (unpaired) electrons. The number of aryl methyl sites for hydroxylation is 1. The minimum absolute atomic E-state index is 0.0379. The van der Waals surface area contributed by atoms with Crippen LogP contribution < -0.4 is 5.32 Å². The van der Waals surface area contributed by atoms with E-state index in [4.69, 9.17) is 0 Å². The van der Waals surface area contributed by atoms with Gasteiger partial charge in [0, 0.05) is 25.7 Å². The second-order valence-corrected chi connectivity index (χ2v) is 10.4. The fourth-order valence-electron chi connectivity index (χ4n) is 3.37. The van der Waals surface area contributed by atoms with Gasteiger partial charge in [0.05, 0.1) is 22.5 Å². The van der Waals surface area contributed by atoms with E-state index in [2.05, 4.69) is 24.1 Å². The lowest BCUT2D eigenvalue weighted by Gasteiger charge is -2.17. The number of sulfonamides is 1. The van der Waals surface area contributed by atoms with Crippen molar-refractivity contribution in [1.29, 1.82) is 0 Å². The maximum absolute atomic E-state index is 13.0. The molecule has 0 fully saturated rings. The number of nitrogens with one attached hydrogen (secondary N) is 1. The van der Waals surface area contributed by atoms with Crippen LogP contribution in [-0.4, -0.2) is 41.3 Å². The van der Waals surface area contributed by atoms with Crippen molar-refractivity contribution in [2.45, 2.75) is 51.1 Å². The number of hydrogen-bond donors (Lipinski definition) is 1. The van der Waals surface area contributed by atoms with E-state index in [-0.39, 0.29) is 23.4 Å². The van der Waals surface area contributed by atoms with E-state index in [1.54, 1.807) is 31.3 Å². The van der Waals surface area contributed by atoms with E-state index in [1.165, 1.54) is 4.31 Å². The highest BCUT2D eigenvalue weighted by Gasteiger charge is 2.23. The molecule has 0 bridgehead atoms. The summed E-state index contributed by atoms with van der Waals surface area (Å²) >= 11 is 0. The average Bonchev–Trinajstić information content (AvgIpc) is 3.02. The van der Waals surface area contributed by atoms with Gasteiger partial charge < -0.3 is 9.88 Å². The van der Waals surface area contributed by atoms with Gasteiger partial charge in [-0.1, -0.05) is 26.0 Å². The number of amides is 1. The summed E-state index contributed by atoms with van der Waals surface area (Å²) in [5.74, 6) is 0.775. The second-order valence-electron chi connectivity index (χ2n) is 8.40. The summed E-state index contributed by atoms with van der Waals surface area (Å²) in [5.41, 5.74) is 3.11. The van der Waals surface area contributed by atoms with Crippen LogP contribution in [0.5, 0.6) is 0 Å². The van der Waals surface area contributed by atoms with Crippen molar-refractivity contribution in [3.63, 3.8) is 0 Å². The number of rotatable bonds is 7. The lowest BCUT2D eigenvalue weighted by Crippen LogP contribution is -2.29. The number of benzene rings is 2. The zero-order chi connectivity index (χ0) is 22.9. The number of nitrogens with zero attached hydrogens (tertiary/aromatic N) is 3. The number of fused-ring (bicyclic) bond motifs is 1. The summed E-state index contributed by atoms with van der Waals surface area (Å²) in [4.78, 5) is 17.1. The summed E-state index contributed by atoms with van der Waals surface area (Å²) in [6.45, 7) is 8.06. The van der Waals surface area contributed by atoms with Gasteiger partial charge in [0.15, 0.2) is 0 Å². The van der Waals surface area contributed by atoms with Crippen LogP contribution in [0.4, 0.5) is 0 Å². The van der Waals surface area contributed by atoms with E-state index in [0.29, 0.717) is 22.8 Å². The van der Waals surface area contributed by atoms with Crippen molar-refractivity contribution < 1.29 is 13.2 Å². The minimum atomic E-state index is -3.65. The van der Waals surface area contributed by atoms with Gasteiger partial charge in [-0.2, -0.15) is 4.31 Å². The Morgan fingerprint density at radius 3 is 2.32 bits per heavy atom. The number of aromatic nitrogens is 2. The number of carbonyl (C=O) groups is 1. The fraction of sp³-hybridized carbons (Fsp3) is 0.391. The Bertz CT molecular complexity index is 1200. The SMILES string of the molecule is CC(C)NC(=O)c1ccc2c(c1)nc(CN(C)S(=O)(=O)c1ccc(C(C)C)cc1)n2C. The van der Waals surface area contributed by atoms with Crippen molar-refractivity contribution >= 4 is 27.0 Å². The molecule has 166 valence electrons. The third kappa shape index (κ3) is 4.80. The molecule has 0 aliphatic heterocycles. The standard InChI is InChI=1S/C23H30N4O3S/c1-15(2)17-7-10-19(11-8-17)31(29,30)26(5)14-22-25-20-13-18(23(28)24-16(3)4)9-12-21(20)27(22)6/h7-13,15-16H,14H2,1-6H3,(H,24,28). The summed E-state index contributed by atoms with van der Waals surface area (Å²) in [6.07, 6.45) is 0. The molecule has 0 saturated heterocycles. The molecule has 0 spiro atoms. The maximum Gasteiger partial charge on any atom is 0.251 e. The predicted octanol–water partition coefficient (Wildman–Crippen LogP) is 3.66. The van der Waals surface area contributed by atoms with Gasteiger partial charge in [-0.15, -0.1) is 0 Å². The van der Waals surface area contributed by atoms with E-state index in [9.17, 15) is 13.2 Å². The molecule has 7 nitrogen and oxygen atoms in total. The average molecular weight is 443 g/mol. The molecule has 3 aromatic rings. The largest absolute Gasteiger partial charge is 0.350 e. The first-order chi connectivity index (χ1) is 14.5. The molecule has 8 heteroatoms. The number of hydrogen-bond acceptors (Lipinski definition) is 4. The summed E-state index contributed by atoms with van der Waals surface area (Å²) in [5, 5.41) is 2.87. The first kappa shape index (κ1) is 23.0. The Morgan fingerprint density at radius 1 is 1.10 bits per heavy atom. The van der Waals surface area contributed by atoms with Gasteiger partial charge in [0.2, 0.25) is 10.0 Å². The zero-order valence-corrected chi connectivity index (χ0v) is 19.7. The fourth-order valence-corrected chi connectivity index (χ4v) is 4.49.